The molecule has 0 radical (unpaired) electrons. The van der Waals surface area contributed by atoms with Crippen molar-refractivity contribution in [3.05, 3.63) is 35.9 Å². The fourth-order valence-corrected chi connectivity index (χ4v) is 3.58. The highest BCUT2D eigenvalue weighted by Gasteiger charge is 2.23. The summed E-state index contributed by atoms with van der Waals surface area (Å²) in [5.74, 6) is 0.703. The van der Waals surface area contributed by atoms with E-state index < -0.39 is 0 Å². The highest BCUT2D eigenvalue weighted by molar-refractivity contribution is 5.19. The van der Waals surface area contributed by atoms with Crippen molar-refractivity contribution >= 4 is 0 Å². The summed E-state index contributed by atoms with van der Waals surface area (Å²) in [4.78, 5) is 2.64. The molecule has 3 nitrogen and oxygen atoms in total. The normalized spacial score (nSPS) is 25.0. The first kappa shape index (κ1) is 15.0. The molecule has 116 valence electrons. The second-order valence-corrected chi connectivity index (χ2v) is 6.41. The average molecular weight is 288 g/mol. The molecule has 0 spiro atoms. The summed E-state index contributed by atoms with van der Waals surface area (Å²) in [6, 6.07) is 11.5. The van der Waals surface area contributed by atoms with E-state index in [1.165, 1.54) is 44.3 Å². The van der Waals surface area contributed by atoms with E-state index in [1.807, 2.05) is 0 Å². The number of nitrogens with zero attached hydrogens (tertiary/aromatic N) is 1. The van der Waals surface area contributed by atoms with Gasteiger partial charge in [0, 0.05) is 25.7 Å². The van der Waals surface area contributed by atoms with Gasteiger partial charge in [0.15, 0.2) is 0 Å². The van der Waals surface area contributed by atoms with Gasteiger partial charge < -0.3 is 10.1 Å². The number of rotatable bonds is 6. The van der Waals surface area contributed by atoms with Gasteiger partial charge in [-0.15, -0.1) is 0 Å². The number of ether oxygens (including phenoxy) is 1. The van der Waals surface area contributed by atoms with Crippen molar-refractivity contribution < 1.29 is 4.74 Å². The number of likely N-dealkylation sites (tertiary alicyclic amines) is 1. The molecule has 1 N–H and O–H groups in total. The molecule has 2 unspecified atom stereocenters. The second-order valence-electron chi connectivity index (χ2n) is 6.41. The smallest absolute Gasteiger partial charge is 0.0506 e. The lowest BCUT2D eigenvalue weighted by atomic mass is 10.0. The Labute approximate surface area is 128 Å². The van der Waals surface area contributed by atoms with Crippen LogP contribution in [-0.2, 0) is 4.74 Å². The molecule has 1 aromatic rings. The van der Waals surface area contributed by atoms with Crippen LogP contribution in [0.25, 0.3) is 0 Å². The summed E-state index contributed by atoms with van der Waals surface area (Å²) in [6.07, 6.45) is 5.23. The first-order valence-electron chi connectivity index (χ1n) is 8.51. The third kappa shape index (κ3) is 4.29. The Morgan fingerprint density at radius 2 is 1.95 bits per heavy atom. The molecular formula is C18H28N2O. The van der Waals surface area contributed by atoms with Crippen LogP contribution in [0.2, 0.25) is 0 Å². The molecule has 2 atom stereocenters. The van der Waals surface area contributed by atoms with Crippen molar-refractivity contribution in [2.45, 2.75) is 31.7 Å². The molecule has 0 bridgehead atoms. The second kappa shape index (κ2) is 7.92. The average Bonchev–Trinajstić information content (AvgIpc) is 3.07. The third-order valence-electron chi connectivity index (χ3n) is 4.79. The van der Waals surface area contributed by atoms with Gasteiger partial charge in [0.1, 0.15) is 0 Å². The van der Waals surface area contributed by atoms with E-state index in [9.17, 15) is 0 Å². The van der Waals surface area contributed by atoms with E-state index in [0.29, 0.717) is 12.0 Å². The summed E-state index contributed by atoms with van der Waals surface area (Å²) in [6.45, 7) is 6.53. The maximum atomic E-state index is 5.57. The van der Waals surface area contributed by atoms with Crippen LogP contribution >= 0.6 is 0 Å². The molecular weight excluding hydrogens is 260 g/mol. The topological polar surface area (TPSA) is 24.5 Å². The Hall–Kier alpha value is -0.900. The van der Waals surface area contributed by atoms with Crippen LogP contribution < -0.4 is 5.32 Å². The molecule has 2 saturated heterocycles. The van der Waals surface area contributed by atoms with Crippen molar-refractivity contribution in [3.63, 3.8) is 0 Å². The van der Waals surface area contributed by atoms with Crippen LogP contribution in [0.4, 0.5) is 0 Å². The molecule has 0 aromatic heterocycles. The summed E-state index contributed by atoms with van der Waals surface area (Å²) in [5, 5.41) is 3.71. The van der Waals surface area contributed by atoms with Crippen LogP contribution in [0.3, 0.4) is 0 Å². The molecule has 1 aromatic carbocycles. The van der Waals surface area contributed by atoms with Crippen LogP contribution in [0.5, 0.6) is 0 Å². The van der Waals surface area contributed by atoms with Crippen LogP contribution in [0, 0.1) is 5.92 Å². The number of benzene rings is 1. The summed E-state index contributed by atoms with van der Waals surface area (Å²) < 4.78 is 5.57. The first-order chi connectivity index (χ1) is 10.4. The Balaban J connectivity index is 1.54. The standard InChI is InChI=1S/C18H28N2O/c1-2-8-17(9-3-1)18(20-10-4-5-11-20)14-19-13-16-7-6-12-21-15-16/h1-3,8-9,16,18-19H,4-7,10-15H2. The zero-order valence-corrected chi connectivity index (χ0v) is 13.0. The van der Waals surface area contributed by atoms with E-state index in [1.54, 1.807) is 0 Å². The minimum Gasteiger partial charge on any atom is -0.381 e. The molecule has 0 saturated carbocycles. The fourth-order valence-electron chi connectivity index (χ4n) is 3.58. The van der Waals surface area contributed by atoms with Crippen molar-refractivity contribution in [2.75, 3.05) is 39.4 Å². The molecule has 0 aliphatic carbocycles. The maximum Gasteiger partial charge on any atom is 0.0506 e. The first-order valence-corrected chi connectivity index (χ1v) is 8.51. The Kier molecular flexibility index (Phi) is 5.67. The van der Waals surface area contributed by atoms with Gasteiger partial charge in [-0.05, 0) is 50.3 Å². The molecule has 3 rings (SSSR count). The lowest BCUT2D eigenvalue weighted by Gasteiger charge is -2.29. The quantitative estimate of drug-likeness (QED) is 0.871. The lowest BCUT2D eigenvalue weighted by Crippen LogP contribution is -2.37. The molecule has 3 heteroatoms. The minimum absolute atomic E-state index is 0.526. The van der Waals surface area contributed by atoms with E-state index in [2.05, 4.69) is 40.5 Å². The van der Waals surface area contributed by atoms with Crippen molar-refractivity contribution in [1.82, 2.24) is 10.2 Å². The molecule has 0 amide bonds. The van der Waals surface area contributed by atoms with Crippen LogP contribution in [0.1, 0.15) is 37.3 Å². The summed E-state index contributed by atoms with van der Waals surface area (Å²) in [7, 11) is 0. The lowest BCUT2D eigenvalue weighted by molar-refractivity contribution is 0.0541. The van der Waals surface area contributed by atoms with Crippen molar-refractivity contribution in [3.8, 4) is 0 Å². The fraction of sp³-hybridized carbons (Fsp3) is 0.667. The molecule has 2 fully saturated rings. The predicted molar refractivity (Wildman–Crippen MR) is 86.4 cm³/mol. The van der Waals surface area contributed by atoms with E-state index >= 15 is 0 Å². The predicted octanol–water partition coefficient (Wildman–Crippen LogP) is 2.84. The van der Waals surface area contributed by atoms with E-state index in [0.717, 1.165) is 26.3 Å². The number of nitrogens with one attached hydrogen (secondary N) is 1. The highest BCUT2D eigenvalue weighted by Crippen LogP contribution is 2.24. The maximum absolute atomic E-state index is 5.57. The van der Waals surface area contributed by atoms with Gasteiger partial charge in [-0.3, -0.25) is 4.90 Å². The Morgan fingerprint density at radius 1 is 1.14 bits per heavy atom. The van der Waals surface area contributed by atoms with Gasteiger partial charge in [-0.25, -0.2) is 0 Å². The Bertz CT molecular complexity index is 397. The summed E-state index contributed by atoms with van der Waals surface area (Å²) >= 11 is 0. The third-order valence-corrected chi connectivity index (χ3v) is 4.79. The Morgan fingerprint density at radius 3 is 2.67 bits per heavy atom. The van der Waals surface area contributed by atoms with Gasteiger partial charge in [-0.1, -0.05) is 30.3 Å². The van der Waals surface area contributed by atoms with E-state index in [-0.39, 0.29) is 0 Å². The van der Waals surface area contributed by atoms with Gasteiger partial charge in [0.05, 0.1) is 6.61 Å². The van der Waals surface area contributed by atoms with Gasteiger partial charge >= 0.3 is 0 Å². The largest absolute Gasteiger partial charge is 0.381 e. The minimum atomic E-state index is 0.526. The van der Waals surface area contributed by atoms with Gasteiger partial charge in [0.25, 0.3) is 0 Å². The summed E-state index contributed by atoms with van der Waals surface area (Å²) in [5.41, 5.74) is 1.45. The van der Waals surface area contributed by atoms with Crippen LogP contribution in [0.15, 0.2) is 30.3 Å². The van der Waals surface area contributed by atoms with Gasteiger partial charge in [0.2, 0.25) is 0 Å². The highest BCUT2D eigenvalue weighted by atomic mass is 16.5. The number of hydrogen-bond acceptors (Lipinski definition) is 3. The zero-order valence-electron chi connectivity index (χ0n) is 13.0. The molecule has 2 heterocycles. The molecule has 2 aliphatic rings. The monoisotopic (exact) mass is 288 g/mol. The number of hydrogen-bond donors (Lipinski definition) is 1. The zero-order chi connectivity index (χ0) is 14.3. The van der Waals surface area contributed by atoms with Gasteiger partial charge in [-0.2, -0.15) is 0 Å². The van der Waals surface area contributed by atoms with Crippen molar-refractivity contribution in [1.29, 1.82) is 0 Å². The SMILES string of the molecule is c1ccc(C(CNCC2CCCOC2)N2CCCC2)cc1. The molecule has 21 heavy (non-hydrogen) atoms. The van der Waals surface area contributed by atoms with E-state index in [4.69, 9.17) is 4.74 Å². The van der Waals surface area contributed by atoms with Crippen LogP contribution in [-0.4, -0.2) is 44.3 Å². The van der Waals surface area contributed by atoms with Crippen molar-refractivity contribution in [2.24, 2.45) is 5.92 Å². The molecule has 2 aliphatic heterocycles.